The molecule has 1 rings (SSSR count). The van der Waals surface area contributed by atoms with E-state index in [1.807, 2.05) is 37.6 Å². The van der Waals surface area contributed by atoms with Crippen LogP contribution in [-0.2, 0) is 4.79 Å². The lowest BCUT2D eigenvalue weighted by molar-refractivity contribution is -0.117. The monoisotopic (exact) mass is 209 g/mol. The maximum Gasteiger partial charge on any atom is 0.244 e. The third kappa shape index (κ3) is 3.34. The van der Waals surface area contributed by atoms with Gasteiger partial charge in [-0.1, -0.05) is 5.57 Å². The zero-order chi connectivity index (χ0) is 10.6. The molecule has 0 spiro atoms. The molecule has 3 heteroatoms. The molecule has 2 nitrogen and oxygen atoms in total. The van der Waals surface area contributed by atoms with Crippen LogP contribution in [0.5, 0.6) is 0 Å². The van der Waals surface area contributed by atoms with Crippen LogP contribution in [0.3, 0.4) is 0 Å². The molecule has 76 valence electrons. The quantitative estimate of drug-likeness (QED) is 0.762. The van der Waals surface area contributed by atoms with Gasteiger partial charge in [0.05, 0.1) is 6.04 Å². The molecule has 0 radical (unpaired) electrons. The minimum atomic E-state index is -0.0244. The summed E-state index contributed by atoms with van der Waals surface area (Å²) >= 11 is 1.64. The number of rotatable bonds is 3. The van der Waals surface area contributed by atoms with Crippen molar-refractivity contribution in [3.63, 3.8) is 0 Å². The summed E-state index contributed by atoms with van der Waals surface area (Å²) in [6, 6.07) is 2.11. The van der Waals surface area contributed by atoms with Crippen LogP contribution in [-0.4, -0.2) is 5.91 Å². The van der Waals surface area contributed by atoms with Gasteiger partial charge in [-0.25, -0.2) is 0 Å². The molecule has 1 unspecified atom stereocenters. The van der Waals surface area contributed by atoms with Crippen molar-refractivity contribution < 1.29 is 4.79 Å². The molecule has 0 fully saturated rings. The van der Waals surface area contributed by atoms with Gasteiger partial charge in [0.2, 0.25) is 5.91 Å². The van der Waals surface area contributed by atoms with Crippen molar-refractivity contribution in [3.05, 3.63) is 34.0 Å². The van der Waals surface area contributed by atoms with E-state index >= 15 is 0 Å². The summed E-state index contributed by atoms with van der Waals surface area (Å²) in [7, 11) is 0. The van der Waals surface area contributed by atoms with Gasteiger partial charge < -0.3 is 5.32 Å². The molecule has 1 aromatic rings. The van der Waals surface area contributed by atoms with E-state index in [9.17, 15) is 4.79 Å². The molecule has 1 heterocycles. The van der Waals surface area contributed by atoms with E-state index < -0.39 is 0 Å². The summed E-state index contributed by atoms with van der Waals surface area (Å²) < 4.78 is 0. The number of hydrogen-bond acceptors (Lipinski definition) is 2. The Balaban J connectivity index is 2.54. The van der Waals surface area contributed by atoms with Crippen LogP contribution in [0.15, 0.2) is 28.5 Å². The molecule has 0 aromatic carbocycles. The van der Waals surface area contributed by atoms with Crippen molar-refractivity contribution in [1.29, 1.82) is 0 Å². The Hall–Kier alpha value is -1.09. The highest BCUT2D eigenvalue weighted by molar-refractivity contribution is 7.07. The normalized spacial score (nSPS) is 11.9. The van der Waals surface area contributed by atoms with Crippen LogP contribution in [0.25, 0.3) is 0 Å². The van der Waals surface area contributed by atoms with Crippen LogP contribution in [0.1, 0.15) is 32.4 Å². The lowest BCUT2D eigenvalue weighted by atomic mass is 10.2. The van der Waals surface area contributed by atoms with E-state index in [2.05, 4.69) is 5.32 Å². The topological polar surface area (TPSA) is 29.1 Å². The average Bonchev–Trinajstić information content (AvgIpc) is 2.53. The second-order valence-corrected chi connectivity index (χ2v) is 4.29. The molecule has 0 bridgehead atoms. The van der Waals surface area contributed by atoms with Crippen molar-refractivity contribution in [3.8, 4) is 0 Å². The highest BCUT2D eigenvalue weighted by Gasteiger charge is 2.07. The summed E-state index contributed by atoms with van der Waals surface area (Å²) in [5, 5.41) is 6.97. The first-order valence-electron chi connectivity index (χ1n) is 4.57. The van der Waals surface area contributed by atoms with Crippen LogP contribution in [0.4, 0.5) is 0 Å². The standard InChI is InChI=1S/C11H15NOS/c1-8(2)6-11(13)12-9(3)10-4-5-14-7-10/h4-7,9H,1-3H3,(H,12,13). The highest BCUT2D eigenvalue weighted by Crippen LogP contribution is 2.15. The molecule has 1 amide bonds. The number of carbonyl (C=O) groups is 1. The van der Waals surface area contributed by atoms with Gasteiger partial charge in [-0.3, -0.25) is 4.79 Å². The van der Waals surface area contributed by atoms with Crippen LogP contribution < -0.4 is 5.32 Å². The minimum Gasteiger partial charge on any atom is -0.346 e. The molecular weight excluding hydrogens is 194 g/mol. The van der Waals surface area contributed by atoms with Gasteiger partial charge >= 0.3 is 0 Å². The predicted molar refractivity (Wildman–Crippen MR) is 60.3 cm³/mol. The fourth-order valence-corrected chi connectivity index (χ4v) is 1.88. The maximum absolute atomic E-state index is 11.4. The van der Waals surface area contributed by atoms with E-state index in [1.54, 1.807) is 17.4 Å². The predicted octanol–water partition coefficient (Wildman–Crippen LogP) is 2.89. The Morgan fingerprint density at radius 3 is 2.79 bits per heavy atom. The second-order valence-electron chi connectivity index (χ2n) is 3.51. The fraction of sp³-hybridized carbons (Fsp3) is 0.364. The van der Waals surface area contributed by atoms with E-state index in [4.69, 9.17) is 0 Å². The number of amides is 1. The Bertz CT molecular complexity index is 323. The summed E-state index contributed by atoms with van der Waals surface area (Å²) in [5.74, 6) is -0.0244. The Labute approximate surface area is 88.6 Å². The molecule has 1 N–H and O–H groups in total. The van der Waals surface area contributed by atoms with Crippen molar-refractivity contribution in [2.24, 2.45) is 0 Å². The van der Waals surface area contributed by atoms with Crippen LogP contribution in [0, 0.1) is 0 Å². The van der Waals surface area contributed by atoms with Gasteiger partial charge in [-0.15, -0.1) is 0 Å². The summed E-state index contributed by atoms with van der Waals surface area (Å²) in [6.45, 7) is 5.81. The Kier molecular flexibility index (Phi) is 3.89. The zero-order valence-corrected chi connectivity index (χ0v) is 9.52. The molecule has 1 atom stereocenters. The molecule has 0 saturated heterocycles. The van der Waals surface area contributed by atoms with Gasteiger partial charge in [0.15, 0.2) is 0 Å². The van der Waals surface area contributed by atoms with E-state index in [-0.39, 0.29) is 11.9 Å². The largest absolute Gasteiger partial charge is 0.346 e. The van der Waals surface area contributed by atoms with Crippen molar-refractivity contribution in [2.45, 2.75) is 26.8 Å². The number of thiophene rings is 1. The molecule has 0 aliphatic heterocycles. The first-order valence-corrected chi connectivity index (χ1v) is 5.51. The average molecular weight is 209 g/mol. The summed E-state index contributed by atoms with van der Waals surface area (Å²) in [6.07, 6.45) is 1.61. The van der Waals surface area contributed by atoms with Crippen LogP contribution >= 0.6 is 11.3 Å². The molecule has 1 aromatic heterocycles. The fourth-order valence-electron chi connectivity index (χ4n) is 1.12. The zero-order valence-electron chi connectivity index (χ0n) is 8.70. The summed E-state index contributed by atoms with van der Waals surface area (Å²) in [5.41, 5.74) is 2.17. The molecular formula is C11H15NOS. The van der Waals surface area contributed by atoms with Gasteiger partial charge in [-0.2, -0.15) is 11.3 Å². The second kappa shape index (κ2) is 4.96. The van der Waals surface area contributed by atoms with Crippen LogP contribution in [0.2, 0.25) is 0 Å². The van der Waals surface area contributed by atoms with Crippen molar-refractivity contribution in [2.75, 3.05) is 0 Å². The van der Waals surface area contributed by atoms with Crippen molar-refractivity contribution >= 4 is 17.2 Å². The molecule has 14 heavy (non-hydrogen) atoms. The first kappa shape index (κ1) is 11.0. The van der Waals surface area contributed by atoms with Gasteiger partial charge in [0.25, 0.3) is 0 Å². The summed E-state index contributed by atoms with van der Waals surface area (Å²) in [4.78, 5) is 11.4. The number of hydrogen-bond donors (Lipinski definition) is 1. The van der Waals surface area contributed by atoms with E-state index in [1.165, 1.54) is 0 Å². The van der Waals surface area contributed by atoms with Gasteiger partial charge in [0, 0.05) is 6.08 Å². The third-order valence-corrected chi connectivity index (χ3v) is 2.52. The lowest BCUT2D eigenvalue weighted by Crippen LogP contribution is -2.24. The van der Waals surface area contributed by atoms with Crippen molar-refractivity contribution in [1.82, 2.24) is 5.32 Å². The smallest absolute Gasteiger partial charge is 0.244 e. The van der Waals surface area contributed by atoms with E-state index in [0.29, 0.717) is 0 Å². The first-order chi connectivity index (χ1) is 6.59. The lowest BCUT2D eigenvalue weighted by Gasteiger charge is -2.10. The minimum absolute atomic E-state index is 0.0244. The molecule has 0 saturated carbocycles. The SMILES string of the molecule is CC(C)=CC(=O)NC(C)c1ccsc1. The van der Waals surface area contributed by atoms with E-state index in [0.717, 1.165) is 11.1 Å². The number of nitrogens with one attached hydrogen (secondary N) is 1. The number of carbonyl (C=O) groups excluding carboxylic acids is 1. The van der Waals surface area contributed by atoms with Gasteiger partial charge in [-0.05, 0) is 43.2 Å². The molecule has 0 aliphatic carbocycles. The highest BCUT2D eigenvalue weighted by atomic mass is 32.1. The van der Waals surface area contributed by atoms with Gasteiger partial charge in [0.1, 0.15) is 0 Å². The Morgan fingerprint density at radius 1 is 1.57 bits per heavy atom. The maximum atomic E-state index is 11.4. The molecule has 0 aliphatic rings. The number of allylic oxidation sites excluding steroid dienone is 1. The third-order valence-electron chi connectivity index (χ3n) is 1.82. The Morgan fingerprint density at radius 2 is 2.29 bits per heavy atom.